The minimum atomic E-state index is 0.170. The zero-order valence-electron chi connectivity index (χ0n) is 9.00. The Kier molecular flexibility index (Phi) is 4.78. The molecule has 2 N–H and O–H groups in total. The van der Waals surface area contributed by atoms with Gasteiger partial charge in [-0.15, -0.1) is 0 Å². The molecule has 0 aliphatic carbocycles. The molecule has 1 aromatic rings. The first kappa shape index (κ1) is 12.2. The standard InChI is InChI=1S/C10H16ClN3O/c1-3-8(4-5-15)13-9-7(2)6-12-10(11)14-9/h6,8,15H,3-5H2,1-2H3,(H,12,13,14). The molecule has 0 spiro atoms. The molecule has 0 radical (unpaired) electrons. The van der Waals surface area contributed by atoms with Gasteiger partial charge in [0.2, 0.25) is 5.28 Å². The number of anilines is 1. The predicted octanol–water partition coefficient (Wildman–Crippen LogP) is 2.01. The van der Waals surface area contributed by atoms with E-state index in [-0.39, 0.29) is 17.9 Å². The van der Waals surface area contributed by atoms with Crippen molar-refractivity contribution in [3.8, 4) is 0 Å². The van der Waals surface area contributed by atoms with E-state index in [4.69, 9.17) is 16.7 Å². The number of hydrogen-bond donors (Lipinski definition) is 2. The van der Waals surface area contributed by atoms with Crippen LogP contribution in [0.1, 0.15) is 25.3 Å². The number of hydrogen-bond acceptors (Lipinski definition) is 4. The molecular formula is C10H16ClN3O. The van der Waals surface area contributed by atoms with Crippen molar-refractivity contribution in [2.45, 2.75) is 32.7 Å². The molecule has 0 saturated heterocycles. The van der Waals surface area contributed by atoms with Crippen molar-refractivity contribution in [1.82, 2.24) is 9.97 Å². The summed E-state index contributed by atoms with van der Waals surface area (Å²) in [6.45, 7) is 4.15. The first-order valence-electron chi connectivity index (χ1n) is 5.04. The number of aryl methyl sites for hydroxylation is 1. The topological polar surface area (TPSA) is 58.0 Å². The van der Waals surface area contributed by atoms with E-state index < -0.39 is 0 Å². The third kappa shape index (κ3) is 3.64. The zero-order valence-corrected chi connectivity index (χ0v) is 9.75. The normalized spacial score (nSPS) is 12.5. The van der Waals surface area contributed by atoms with Gasteiger partial charge in [0.15, 0.2) is 0 Å². The van der Waals surface area contributed by atoms with Crippen LogP contribution < -0.4 is 5.32 Å². The second-order valence-electron chi connectivity index (χ2n) is 3.43. The molecule has 0 saturated carbocycles. The lowest BCUT2D eigenvalue weighted by Crippen LogP contribution is -2.21. The summed E-state index contributed by atoms with van der Waals surface area (Å²) in [5.74, 6) is 0.746. The first-order chi connectivity index (χ1) is 7.17. The molecule has 0 aliphatic rings. The molecule has 0 bridgehead atoms. The van der Waals surface area contributed by atoms with E-state index in [9.17, 15) is 0 Å². The van der Waals surface area contributed by atoms with E-state index in [1.165, 1.54) is 0 Å². The third-order valence-corrected chi connectivity index (χ3v) is 2.44. The fourth-order valence-electron chi connectivity index (χ4n) is 1.29. The summed E-state index contributed by atoms with van der Waals surface area (Å²) in [6, 6.07) is 0.222. The molecule has 1 unspecified atom stereocenters. The minimum Gasteiger partial charge on any atom is -0.396 e. The van der Waals surface area contributed by atoms with E-state index >= 15 is 0 Å². The van der Waals surface area contributed by atoms with Crippen LogP contribution in [0, 0.1) is 6.92 Å². The second kappa shape index (κ2) is 5.88. The highest BCUT2D eigenvalue weighted by Crippen LogP contribution is 2.15. The summed E-state index contributed by atoms with van der Waals surface area (Å²) in [5, 5.41) is 12.4. The van der Waals surface area contributed by atoms with Crippen molar-refractivity contribution in [3.05, 3.63) is 17.0 Å². The first-order valence-corrected chi connectivity index (χ1v) is 5.41. The molecule has 0 amide bonds. The Morgan fingerprint density at radius 1 is 1.60 bits per heavy atom. The largest absolute Gasteiger partial charge is 0.396 e. The van der Waals surface area contributed by atoms with Gasteiger partial charge in [-0.1, -0.05) is 6.92 Å². The maximum absolute atomic E-state index is 8.87. The summed E-state index contributed by atoms with van der Waals surface area (Å²) in [7, 11) is 0. The van der Waals surface area contributed by atoms with Crippen LogP contribution in [0.15, 0.2) is 6.20 Å². The maximum atomic E-state index is 8.87. The summed E-state index contributed by atoms with van der Waals surface area (Å²) in [6.07, 6.45) is 3.32. The number of halogens is 1. The van der Waals surface area contributed by atoms with Crippen LogP contribution in [-0.2, 0) is 0 Å². The zero-order chi connectivity index (χ0) is 11.3. The Balaban J connectivity index is 2.73. The van der Waals surface area contributed by atoms with Gasteiger partial charge in [-0.2, -0.15) is 0 Å². The molecule has 1 heterocycles. The van der Waals surface area contributed by atoms with Gasteiger partial charge in [0, 0.05) is 24.4 Å². The van der Waals surface area contributed by atoms with Gasteiger partial charge >= 0.3 is 0 Å². The van der Waals surface area contributed by atoms with Crippen molar-refractivity contribution < 1.29 is 5.11 Å². The minimum absolute atomic E-state index is 0.170. The predicted molar refractivity (Wildman–Crippen MR) is 61.2 cm³/mol. The van der Waals surface area contributed by atoms with Crippen LogP contribution in [0.25, 0.3) is 0 Å². The molecule has 4 nitrogen and oxygen atoms in total. The Labute approximate surface area is 94.7 Å². The quantitative estimate of drug-likeness (QED) is 0.759. The van der Waals surface area contributed by atoms with Crippen LogP contribution in [0.3, 0.4) is 0 Å². The number of rotatable bonds is 5. The maximum Gasteiger partial charge on any atom is 0.224 e. The Bertz CT molecular complexity index is 320. The fourth-order valence-corrected chi connectivity index (χ4v) is 1.43. The lowest BCUT2D eigenvalue weighted by Gasteiger charge is -2.17. The van der Waals surface area contributed by atoms with Crippen molar-refractivity contribution in [3.63, 3.8) is 0 Å². The molecule has 5 heteroatoms. The van der Waals surface area contributed by atoms with Crippen LogP contribution >= 0.6 is 11.6 Å². The number of aliphatic hydroxyl groups excluding tert-OH is 1. The Morgan fingerprint density at radius 3 is 2.93 bits per heavy atom. The smallest absolute Gasteiger partial charge is 0.224 e. The third-order valence-electron chi connectivity index (χ3n) is 2.25. The SMILES string of the molecule is CCC(CCO)Nc1nc(Cl)ncc1C. The van der Waals surface area contributed by atoms with Crippen LogP contribution in [0.2, 0.25) is 5.28 Å². The summed E-state index contributed by atoms with van der Waals surface area (Å²) >= 11 is 5.71. The van der Waals surface area contributed by atoms with Gasteiger partial charge < -0.3 is 10.4 Å². The number of aromatic nitrogens is 2. The van der Waals surface area contributed by atoms with Gasteiger partial charge in [0.25, 0.3) is 0 Å². The van der Waals surface area contributed by atoms with E-state index in [1.54, 1.807) is 6.20 Å². The summed E-state index contributed by atoms with van der Waals surface area (Å²) in [5.41, 5.74) is 0.954. The van der Waals surface area contributed by atoms with E-state index in [0.717, 1.165) is 17.8 Å². The molecule has 84 valence electrons. The van der Waals surface area contributed by atoms with Crippen molar-refractivity contribution >= 4 is 17.4 Å². The average molecular weight is 230 g/mol. The summed E-state index contributed by atoms with van der Waals surface area (Å²) in [4.78, 5) is 7.99. The molecule has 0 aromatic carbocycles. The van der Waals surface area contributed by atoms with Crippen molar-refractivity contribution in [1.29, 1.82) is 0 Å². The molecule has 1 atom stereocenters. The van der Waals surface area contributed by atoms with Gasteiger partial charge in [-0.3, -0.25) is 0 Å². The molecule has 15 heavy (non-hydrogen) atoms. The highest BCUT2D eigenvalue weighted by Gasteiger charge is 2.08. The van der Waals surface area contributed by atoms with Gasteiger partial charge in [0.1, 0.15) is 5.82 Å². The van der Waals surface area contributed by atoms with Gasteiger partial charge in [-0.25, -0.2) is 9.97 Å². The van der Waals surface area contributed by atoms with E-state index in [2.05, 4.69) is 22.2 Å². The summed E-state index contributed by atoms with van der Waals surface area (Å²) < 4.78 is 0. The fraction of sp³-hybridized carbons (Fsp3) is 0.600. The highest BCUT2D eigenvalue weighted by atomic mass is 35.5. The van der Waals surface area contributed by atoms with Gasteiger partial charge in [-0.05, 0) is 31.4 Å². The van der Waals surface area contributed by atoms with Crippen LogP contribution in [0.5, 0.6) is 0 Å². The van der Waals surface area contributed by atoms with Gasteiger partial charge in [0.05, 0.1) is 0 Å². The van der Waals surface area contributed by atoms with Crippen LogP contribution in [-0.4, -0.2) is 27.7 Å². The molecule has 1 rings (SSSR count). The van der Waals surface area contributed by atoms with E-state index in [0.29, 0.717) is 6.42 Å². The van der Waals surface area contributed by atoms with E-state index in [1.807, 2.05) is 6.92 Å². The number of nitrogens with zero attached hydrogens (tertiary/aromatic N) is 2. The number of aliphatic hydroxyl groups is 1. The molecule has 1 aromatic heterocycles. The molecule has 0 aliphatic heterocycles. The molecular weight excluding hydrogens is 214 g/mol. The Morgan fingerprint density at radius 2 is 2.33 bits per heavy atom. The average Bonchev–Trinajstić information content (AvgIpc) is 2.22. The number of nitrogens with one attached hydrogen (secondary N) is 1. The monoisotopic (exact) mass is 229 g/mol. The van der Waals surface area contributed by atoms with Crippen molar-refractivity contribution in [2.75, 3.05) is 11.9 Å². The van der Waals surface area contributed by atoms with Crippen molar-refractivity contribution in [2.24, 2.45) is 0 Å². The van der Waals surface area contributed by atoms with Crippen LogP contribution in [0.4, 0.5) is 5.82 Å². The second-order valence-corrected chi connectivity index (χ2v) is 3.77. The Hall–Kier alpha value is -0.870. The molecule has 0 fully saturated rings. The highest BCUT2D eigenvalue weighted by molar-refractivity contribution is 6.28. The lowest BCUT2D eigenvalue weighted by molar-refractivity contribution is 0.278. The lowest BCUT2D eigenvalue weighted by atomic mass is 10.1.